The maximum atomic E-state index is 12.6. The van der Waals surface area contributed by atoms with E-state index in [2.05, 4.69) is 15.2 Å². The van der Waals surface area contributed by atoms with Crippen LogP contribution in [0.1, 0.15) is 31.2 Å². The quantitative estimate of drug-likeness (QED) is 0.905. The first kappa shape index (κ1) is 13.7. The van der Waals surface area contributed by atoms with E-state index in [9.17, 15) is 13.2 Å². The van der Waals surface area contributed by atoms with E-state index >= 15 is 0 Å². The van der Waals surface area contributed by atoms with Gasteiger partial charge in [0.2, 0.25) is 0 Å². The van der Waals surface area contributed by atoms with Crippen molar-refractivity contribution in [2.24, 2.45) is 0 Å². The van der Waals surface area contributed by atoms with Gasteiger partial charge in [0, 0.05) is 24.8 Å². The normalized spacial score (nSPS) is 27.2. The molecule has 3 nitrogen and oxygen atoms in total. The van der Waals surface area contributed by atoms with E-state index in [-0.39, 0.29) is 0 Å². The Morgan fingerprint density at radius 1 is 1.20 bits per heavy atom. The van der Waals surface area contributed by atoms with E-state index < -0.39 is 11.7 Å². The highest BCUT2D eigenvalue weighted by Crippen LogP contribution is 2.32. The Labute approximate surface area is 116 Å². The molecule has 2 fully saturated rings. The van der Waals surface area contributed by atoms with Crippen LogP contribution in [0.3, 0.4) is 0 Å². The van der Waals surface area contributed by atoms with Crippen LogP contribution in [0.4, 0.5) is 19.0 Å². The average molecular weight is 285 g/mol. The standard InChI is InChI=1S/C14H18F3N3/c15-14(16,17)10-5-6-13(19-9-10)20-8-2-4-12(20)11-3-1-7-18-11/h5-6,9,11-12,18H,1-4,7-8H2. The first-order chi connectivity index (χ1) is 9.55. The Morgan fingerprint density at radius 3 is 2.65 bits per heavy atom. The molecular weight excluding hydrogens is 267 g/mol. The largest absolute Gasteiger partial charge is 0.417 e. The number of halogens is 3. The topological polar surface area (TPSA) is 28.2 Å². The number of aromatic nitrogens is 1. The lowest BCUT2D eigenvalue weighted by molar-refractivity contribution is -0.137. The van der Waals surface area contributed by atoms with Crippen molar-refractivity contribution in [3.63, 3.8) is 0 Å². The second-order valence-corrected chi connectivity index (χ2v) is 5.51. The summed E-state index contributed by atoms with van der Waals surface area (Å²) in [5, 5.41) is 3.48. The van der Waals surface area contributed by atoms with Crippen LogP contribution >= 0.6 is 0 Å². The van der Waals surface area contributed by atoms with E-state index in [4.69, 9.17) is 0 Å². The number of hydrogen-bond donors (Lipinski definition) is 1. The minimum atomic E-state index is -4.32. The van der Waals surface area contributed by atoms with Gasteiger partial charge in [-0.25, -0.2) is 4.98 Å². The maximum Gasteiger partial charge on any atom is 0.417 e. The zero-order chi connectivity index (χ0) is 14.2. The van der Waals surface area contributed by atoms with Gasteiger partial charge in [-0.2, -0.15) is 13.2 Å². The lowest BCUT2D eigenvalue weighted by Gasteiger charge is -2.30. The molecule has 1 aromatic heterocycles. The molecule has 2 atom stereocenters. The second kappa shape index (κ2) is 5.24. The van der Waals surface area contributed by atoms with Gasteiger partial charge in [-0.1, -0.05) is 0 Å². The molecule has 6 heteroatoms. The summed E-state index contributed by atoms with van der Waals surface area (Å²) in [6.45, 7) is 1.91. The molecule has 0 radical (unpaired) electrons. The van der Waals surface area contributed by atoms with Gasteiger partial charge in [0.25, 0.3) is 0 Å². The molecule has 2 saturated heterocycles. The van der Waals surface area contributed by atoms with E-state index in [1.165, 1.54) is 12.5 Å². The Morgan fingerprint density at radius 2 is 2.05 bits per heavy atom. The smallest absolute Gasteiger partial charge is 0.352 e. The van der Waals surface area contributed by atoms with Crippen LogP contribution in [-0.2, 0) is 6.18 Å². The lowest BCUT2D eigenvalue weighted by atomic mass is 10.0. The van der Waals surface area contributed by atoms with Crippen LogP contribution in [0, 0.1) is 0 Å². The molecule has 0 aromatic carbocycles. The van der Waals surface area contributed by atoms with Gasteiger partial charge in [0.05, 0.1) is 5.56 Å². The third-order valence-electron chi connectivity index (χ3n) is 4.23. The molecule has 20 heavy (non-hydrogen) atoms. The van der Waals surface area contributed by atoms with Crippen molar-refractivity contribution in [3.8, 4) is 0 Å². The van der Waals surface area contributed by atoms with Crippen LogP contribution in [0.2, 0.25) is 0 Å². The summed E-state index contributed by atoms with van der Waals surface area (Å²) in [7, 11) is 0. The highest BCUT2D eigenvalue weighted by Gasteiger charge is 2.35. The summed E-state index contributed by atoms with van der Waals surface area (Å²) >= 11 is 0. The van der Waals surface area contributed by atoms with E-state index in [0.717, 1.165) is 44.6 Å². The number of rotatable bonds is 2. The number of nitrogens with zero attached hydrogens (tertiary/aromatic N) is 2. The molecule has 0 amide bonds. The van der Waals surface area contributed by atoms with E-state index in [0.29, 0.717) is 17.9 Å². The van der Waals surface area contributed by atoms with Crippen molar-refractivity contribution in [2.75, 3.05) is 18.0 Å². The Balaban J connectivity index is 1.77. The second-order valence-electron chi connectivity index (χ2n) is 5.51. The highest BCUT2D eigenvalue weighted by atomic mass is 19.4. The molecule has 1 N–H and O–H groups in total. The molecule has 0 bridgehead atoms. The predicted octanol–water partition coefficient (Wildman–Crippen LogP) is 2.82. The van der Waals surface area contributed by atoms with Crippen molar-refractivity contribution in [2.45, 2.75) is 43.9 Å². The molecule has 2 aliphatic rings. The van der Waals surface area contributed by atoms with Gasteiger partial charge in [0.1, 0.15) is 5.82 Å². The van der Waals surface area contributed by atoms with Gasteiger partial charge >= 0.3 is 6.18 Å². The van der Waals surface area contributed by atoms with Gasteiger partial charge in [-0.05, 0) is 44.4 Å². The van der Waals surface area contributed by atoms with Crippen LogP contribution in [0.5, 0.6) is 0 Å². The van der Waals surface area contributed by atoms with Crippen molar-refractivity contribution in [1.29, 1.82) is 0 Å². The molecule has 3 rings (SSSR count). The van der Waals surface area contributed by atoms with Gasteiger partial charge in [-0.15, -0.1) is 0 Å². The maximum absolute atomic E-state index is 12.6. The molecule has 2 aliphatic heterocycles. The first-order valence-corrected chi connectivity index (χ1v) is 7.09. The average Bonchev–Trinajstić information content (AvgIpc) is 3.08. The zero-order valence-electron chi connectivity index (χ0n) is 11.2. The van der Waals surface area contributed by atoms with Gasteiger partial charge in [0.15, 0.2) is 0 Å². The third-order valence-corrected chi connectivity index (χ3v) is 4.23. The van der Waals surface area contributed by atoms with Crippen LogP contribution in [0.15, 0.2) is 18.3 Å². The number of hydrogen-bond acceptors (Lipinski definition) is 3. The fourth-order valence-corrected chi connectivity index (χ4v) is 3.26. The van der Waals surface area contributed by atoms with Crippen molar-refractivity contribution in [1.82, 2.24) is 10.3 Å². The summed E-state index contributed by atoms with van der Waals surface area (Å²) in [4.78, 5) is 6.18. The molecule has 0 spiro atoms. The number of alkyl halides is 3. The molecular formula is C14H18F3N3. The van der Waals surface area contributed by atoms with Crippen molar-refractivity contribution >= 4 is 5.82 Å². The fraction of sp³-hybridized carbons (Fsp3) is 0.643. The Bertz CT molecular complexity index is 452. The molecule has 110 valence electrons. The number of anilines is 1. The SMILES string of the molecule is FC(F)(F)c1ccc(N2CCCC2C2CCCN2)nc1. The lowest BCUT2D eigenvalue weighted by Crippen LogP contribution is -2.44. The Kier molecular flexibility index (Phi) is 3.58. The van der Waals surface area contributed by atoms with Crippen molar-refractivity contribution in [3.05, 3.63) is 23.9 Å². The van der Waals surface area contributed by atoms with Gasteiger partial charge in [-0.3, -0.25) is 0 Å². The molecule has 1 aromatic rings. The summed E-state index contributed by atoms with van der Waals surface area (Å²) in [5.41, 5.74) is -0.684. The third kappa shape index (κ3) is 2.61. The Hall–Kier alpha value is -1.30. The minimum absolute atomic E-state index is 0.363. The summed E-state index contributed by atoms with van der Waals surface area (Å²) in [6.07, 6.45) is 1.10. The fourth-order valence-electron chi connectivity index (χ4n) is 3.26. The number of nitrogens with one attached hydrogen (secondary N) is 1. The summed E-state index contributed by atoms with van der Waals surface area (Å²) in [5.74, 6) is 0.661. The molecule has 2 unspecified atom stereocenters. The first-order valence-electron chi connectivity index (χ1n) is 7.09. The van der Waals surface area contributed by atoms with Crippen LogP contribution < -0.4 is 10.2 Å². The summed E-state index contributed by atoms with van der Waals surface area (Å²) < 4.78 is 37.7. The van der Waals surface area contributed by atoms with Crippen LogP contribution in [-0.4, -0.2) is 30.2 Å². The molecule has 0 aliphatic carbocycles. The van der Waals surface area contributed by atoms with E-state index in [1.54, 1.807) is 0 Å². The minimum Gasteiger partial charge on any atom is -0.352 e. The monoisotopic (exact) mass is 285 g/mol. The van der Waals surface area contributed by atoms with Crippen LogP contribution in [0.25, 0.3) is 0 Å². The highest BCUT2D eigenvalue weighted by molar-refractivity contribution is 5.43. The van der Waals surface area contributed by atoms with Gasteiger partial charge < -0.3 is 10.2 Å². The zero-order valence-corrected chi connectivity index (χ0v) is 11.2. The molecule has 3 heterocycles. The summed E-state index contributed by atoms with van der Waals surface area (Å²) in [6, 6.07) is 3.43. The number of pyridine rings is 1. The predicted molar refractivity (Wildman–Crippen MR) is 70.6 cm³/mol. The van der Waals surface area contributed by atoms with Crippen molar-refractivity contribution < 1.29 is 13.2 Å². The molecule has 0 saturated carbocycles. The van der Waals surface area contributed by atoms with E-state index in [1.807, 2.05) is 0 Å².